The quantitative estimate of drug-likeness (QED) is 0.847. The minimum atomic E-state index is -0.226. The number of halogens is 2. The number of anilines is 1. The number of amides is 1. The molecule has 104 valence electrons. The van der Waals surface area contributed by atoms with Gasteiger partial charge in [-0.1, -0.05) is 35.3 Å². The van der Waals surface area contributed by atoms with Crippen molar-refractivity contribution in [3.63, 3.8) is 0 Å². The van der Waals surface area contributed by atoms with Crippen LogP contribution in [-0.2, 0) is 6.54 Å². The van der Waals surface area contributed by atoms with Crippen molar-refractivity contribution in [2.75, 3.05) is 5.73 Å². The van der Waals surface area contributed by atoms with Gasteiger partial charge in [0.2, 0.25) is 0 Å². The highest BCUT2D eigenvalue weighted by atomic mass is 35.5. The number of hydrogen-bond donors (Lipinski definition) is 2. The van der Waals surface area contributed by atoms with E-state index in [1.165, 1.54) is 0 Å². The second-order valence-corrected chi connectivity index (χ2v) is 5.35. The predicted molar refractivity (Wildman–Crippen MR) is 83.2 cm³/mol. The molecule has 0 aliphatic carbocycles. The van der Waals surface area contributed by atoms with Gasteiger partial charge in [0, 0.05) is 27.8 Å². The van der Waals surface area contributed by atoms with Gasteiger partial charge in [0.25, 0.3) is 5.91 Å². The molecule has 0 bridgehead atoms. The summed E-state index contributed by atoms with van der Waals surface area (Å²) in [5, 5.41) is 3.69. The summed E-state index contributed by atoms with van der Waals surface area (Å²) in [6.45, 7) is 2.33. The number of rotatable bonds is 3. The first-order valence-electron chi connectivity index (χ1n) is 6.05. The molecule has 0 unspecified atom stereocenters. The lowest BCUT2D eigenvalue weighted by Gasteiger charge is -2.10. The number of nitrogen functional groups attached to an aromatic ring is 1. The van der Waals surface area contributed by atoms with Crippen LogP contribution >= 0.6 is 23.2 Å². The van der Waals surface area contributed by atoms with Gasteiger partial charge < -0.3 is 11.1 Å². The molecule has 0 radical (unpaired) electrons. The minimum Gasteiger partial charge on any atom is -0.399 e. The van der Waals surface area contributed by atoms with E-state index in [1.807, 2.05) is 25.1 Å². The Bertz CT molecular complexity index is 636. The number of carbonyl (C=O) groups is 1. The summed E-state index contributed by atoms with van der Waals surface area (Å²) in [6.07, 6.45) is 0. The summed E-state index contributed by atoms with van der Waals surface area (Å²) in [5.41, 5.74) is 8.92. The van der Waals surface area contributed by atoms with Gasteiger partial charge in [-0.05, 0) is 42.3 Å². The van der Waals surface area contributed by atoms with Crippen LogP contribution in [0.3, 0.4) is 0 Å². The van der Waals surface area contributed by atoms with E-state index in [4.69, 9.17) is 28.9 Å². The fraction of sp³-hybridized carbons (Fsp3) is 0.133. The largest absolute Gasteiger partial charge is 0.399 e. The van der Waals surface area contributed by atoms with E-state index in [-0.39, 0.29) is 5.91 Å². The molecule has 1 amide bonds. The van der Waals surface area contributed by atoms with E-state index < -0.39 is 0 Å². The summed E-state index contributed by atoms with van der Waals surface area (Å²) < 4.78 is 0. The second kappa shape index (κ2) is 6.16. The van der Waals surface area contributed by atoms with Crippen molar-refractivity contribution in [2.45, 2.75) is 13.5 Å². The van der Waals surface area contributed by atoms with Gasteiger partial charge in [0.05, 0.1) is 0 Å². The number of hydrogen-bond acceptors (Lipinski definition) is 2. The number of nitrogens with two attached hydrogens (primary N) is 1. The van der Waals surface area contributed by atoms with Gasteiger partial charge in [-0.2, -0.15) is 0 Å². The fourth-order valence-electron chi connectivity index (χ4n) is 1.86. The lowest BCUT2D eigenvalue weighted by Crippen LogP contribution is -2.23. The first-order chi connectivity index (χ1) is 9.47. The van der Waals surface area contributed by atoms with Crippen molar-refractivity contribution in [2.24, 2.45) is 0 Å². The minimum absolute atomic E-state index is 0.226. The normalized spacial score (nSPS) is 10.3. The van der Waals surface area contributed by atoms with Crippen LogP contribution in [0.5, 0.6) is 0 Å². The van der Waals surface area contributed by atoms with E-state index in [1.54, 1.807) is 18.2 Å². The smallest absolute Gasteiger partial charge is 0.251 e. The third-order valence-corrected chi connectivity index (χ3v) is 3.49. The topological polar surface area (TPSA) is 55.1 Å². The number of carbonyl (C=O) groups excluding carboxylic acids is 1. The summed E-state index contributed by atoms with van der Waals surface area (Å²) in [7, 11) is 0. The maximum Gasteiger partial charge on any atom is 0.251 e. The van der Waals surface area contributed by atoms with Gasteiger partial charge in [-0.15, -0.1) is 0 Å². The predicted octanol–water partition coefficient (Wildman–Crippen LogP) is 3.81. The van der Waals surface area contributed by atoms with E-state index in [0.717, 1.165) is 11.1 Å². The van der Waals surface area contributed by atoms with E-state index in [0.29, 0.717) is 27.8 Å². The molecule has 2 aromatic carbocycles. The van der Waals surface area contributed by atoms with Crippen molar-refractivity contribution in [3.05, 3.63) is 63.1 Å². The lowest BCUT2D eigenvalue weighted by atomic mass is 10.1. The van der Waals surface area contributed by atoms with Crippen molar-refractivity contribution in [1.82, 2.24) is 5.32 Å². The van der Waals surface area contributed by atoms with Crippen LogP contribution in [0.2, 0.25) is 10.0 Å². The maximum absolute atomic E-state index is 12.1. The molecule has 0 saturated heterocycles. The lowest BCUT2D eigenvalue weighted by molar-refractivity contribution is 0.0951. The Morgan fingerprint density at radius 1 is 1.20 bits per heavy atom. The van der Waals surface area contributed by atoms with Crippen molar-refractivity contribution < 1.29 is 4.79 Å². The molecular weight excluding hydrogens is 295 g/mol. The maximum atomic E-state index is 12.1. The monoisotopic (exact) mass is 308 g/mol. The first kappa shape index (κ1) is 14.7. The van der Waals surface area contributed by atoms with Crippen LogP contribution in [0, 0.1) is 6.92 Å². The molecule has 0 atom stereocenters. The standard InChI is InChI=1S/C15H14Cl2N2O/c1-9-10(3-2-4-14(9)18)8-19-15(20)11-5-12(16)7-13(17)6-11/h2-7H,8,18H2,1H3,(H,19,20). The fourth-order valence-corrected chi connectivity index (χ4v) is 2.38. The van der Waals surface area contributed by atoms with Crippen LogP contribution in [0.15, 0.2) is 36.4 Å². The van der Waals surface area contributed by atoms with Crippen molar-refractivity contribution >= 4 is 34.8 Å². The molecular formula is C15H14Cl2N2O. The summed E-state index contributed by atoms with van der Waals surface area (Å²) in [4.78, 5) is 12.1. The molecule has 0 aliphatic rings. The van der Waals surface area contributed by atoms with Gasteiger partial charge in [0.15, 0.2) is 0 Å². The third-order valence-electron chi connectivity index (χ3n) is 3.05. The summed E-state index contributed by atoms with van der Waals surface area (Å²) >= 11 is 11.8. The molecule has 0 saturated carbocycles. The average molecular weight is 309 g/mol. The Labute approximate surface area is 127 Å². The summed E-state index contributed by atoms with van der Waals surface area (Å²) in [5.74, 6) is -0.226. The zero-order valence-corrected chi connectivity index (χ0v) is 12.4. The molecule has 0 fully saturated rings. The Morgan fingerprint density at radius 2 is 1.85 bits per heavy atom. The molecule has 3 nitrogen and oxygen atoms in total. The molecule has 0 heterocycles. The average Bonchev–Trinajstić information content (AvgIpc) is 2.39. The van der Waals surface area contributed by atoms with Gasteiger partial charge in [-0.3, -0.25) is 4.79 Å². The van der Waals surface area contributed by atoms with Gasteiger partial charge in [-0.25, -0.2) is 0 Å². The molecule has 0 aromatic heterocycles. The summed E-state index contributed by atoms with van der Waals surface area (Å²) in [6, 6.07) is 10.4. The first-order valence-corrected chi connectivity index (χ1v) is 6.81. The number of benzene rings is 2. The molecule has 3 N–H and O–H groups in total. The molecule has 2 aromatic rings. The van der Waals surface area contributed by atoms with E-state index >= 15 is 0 Å². The molecule has 0 spiro atoms. The van der Waals surface area contributed by atoms with Crippen molar-refractivity contribution in [3.8, 4) is 0 Å². The van der Waals surface area contributed by atoms with Gasteiger partial charge in [0.1, 0.15) is 0 Å². The van der Waals surface area contributed by atoms with Crippen LogP contribution in [0.4, 0.5) is 5.69 Å². The van der Waals surface area contributed by atoms with Gasteiger partial charge >= 0.3 is 0 Å². The van der Waals surface area contributed by atoms with Crippen LogP contribution in [0.1, 0.15) is 21.5 Å². The molecule has 0 aliphatic heterocycles. The molecule has 20 heavy (non-hydrogen) atoms. The Hall–Kier alpha value is -1.71. The van der Waals surface area contributed by atoms with Crippen LogP contribution in [-0.4, -0.2) is 5.91 Å². The highest BCUT2D eigenvalue weighted by Gasteiger charge is 2.09. The zero-order valence-electron chi connectivity index (χ0n) is 10.9. The zero-order chi connectivity index (χ0) is 14.7. The van der Waals surface area contributed by atoms with Crippen LogP contribution < -0.4 is 11.1 Å². The van der Waals surface area contributed by atoms with Crippen LogP contribution in [0.25, 0.3) is 0 Å². The van der Waals surface area contributed by atoms with Crippen molar-refractivity contribution in [1.29, 1.82) is 0 Å². The molecule has 2 rings (SSSR count). The SMILES string of the molecule is Cc1c(N)cccc1CNC(=O)c1cc(Cl)cc(Cl)c1. The Balaban J connectivity index is 2.10. The third kappa shape index (κ3) is 3.44. The number of nitrogens with one attached hydrogen (secondary N) is 1. The second-order valence-electron chi connectivity index (χ2n) is 4.47. The Kier molecular flexibility index (Phi) is 4.53. The highest BCUT2D eigenvalue weighted by Crippen LogP contribution is 2.19. The van der Waals surface area contributed by atoms with E-state index in [9.17, 15) is 4.79 Å². The highest BCUT2D eigenvalue weighted by molar-refractivity contribution is 6.35. The Morgan fingerprint density at radius 3 is 2.50 bits per heavy atom. The molecule has 5 heteroatoms. The van der Waals surface area contributed by atoms with E-state index in [2.05, 4.69) is 5.32 Å².